The van der Waals surface area contributed by atoms with Crippen LogP contribution in [0.25, 0.3) is 11.1 Å². The number of carbonyl (C=O) groups excluding carboxylic acids is 2. The van der Waals surface area contributed by atoms with Crippen molar-refractivity contribution in [3.05, 3.63) is 71.3 Å². The highest BCUT2D eigenvalue weighted by molar-refractivity contribution is 5.94. The smallest absolute Gasteiger partial charge is 0.407 e. The first-order valence-electron chi connectivity index (χ1n) is 11.2. The van der Waals surface area contributed by atoms with Crippen molar-refractivity contribution >= 4 is 18.0 Å². The normalized spacial score (nSPS) is 12.8. The molecule has 2 aromatic rings. The van der Waals surface area contributed by atoms with Crippen LogP contribution in [0.2, 0.25) is 0 Å². The predicted molar refractivity (Wildman–Crippen MR) is 130 cm³/mol. The Morgan fingerprint density at radius 2 is 1.59 bits per heavy atom. The van der Waals surface area contributed by atoms with Crippen molar-refractivity contribution in [2.45, 2.75) is 12.8 Å². The quantitative estimate of drug-likeness (QED) is 0.524. The summed E-state index contributed by atoms with van der Waals surface area (Å²) in [5.41, 5.74) is 4.94. The standard InChI is InChI=1S/C26H31N3O5/c1-18(25(32)29(16-24(30)31)15-14-28(2)3)12-13-27-26(33)34-17-23-21-10-6-4-8-19(21)20-9-5-7-11-22(20)23/h4-12,23H,13-17H2,1-3H3,(H,27,33)(H,30,31)/b18-12+. The summed E-state index contributed by atoms with van der Waals surface area (Å²) < 4.78 is 5.49. The monoisotopic (exact) mass is 465 g/mol. The van der Waals surface area contributed by atoms with Crippen LogP contribution < -0.4 is 5.32 Å². The highest BCUT2D eigenvalue weighted by atomic mass is 16.5. The minimum Gasteiger partial charge on any atom is -0.480 e. The molecule has 0 saturated heterocycles. The van der Waals surface area contributed by atoms with Gasteiger partial charge in [0.05, 0.1) is 0 Å². The number of hydrogen-bond acceptors (Lipinski definition) is 5. The van der Waals surface area contributed by atoms with Gasteiger partial charge in [0.2, 0.25) is 5.91 Å². The van der Waals surface area contributed by atoms with Crippen molar-refractivity contribution < 1.29 is 24.2 Å². The molecule has 0 aliphatic heterocycles. The number of hydrogen-bond donors (Lipinski definition) is 2. The molecule has 0 heterocycles. The highest BCUT2D eigenvalue weighted by Gasteiger charge is 2.29. The van der Waals surface area contributed by atoms with E-state index in [2.05, 4.69) is 29.6 Å². The molecule has 3 rings (SSSR count). The van der Waals surface area contributed by atoms with Crippen molar-refractivity contribution in [3.63, 3.8) is 0 Å². The Bertz CT molecular complexity index is 1030. The van der Waals surface area contributed by atoms with Crippen molar-refractivity contribution in [1.29, 1.82) is 0 Å². The van der Waals surface area contributed by atoms with Gasteiger partial charge in [-0.2, -0.15) is 0 Å². The zero-order chi connectivity index (χ0) is 24.7. The number of nitrogens with zero attached hydrogens (tertiary/aromatic N) is 2. The third kappa shape index (κ3) is 6.23. The van der Waals surface area contributed by atoms with Crippen LogP contribution in [0, 0.1) is 0 Å². The summed E-state index contributed by atoms with van der Waals surface area (Å²) in [5, 5.41) is 11.7. The first-order chi connectivity index (χ1) is 16.3. The summed E-state index contributed by atoms with van der Waals surface area (Å²) in [6.07, 6.45) is 0.988. The van der Waals surface area contributed by atoms with Crippen LogP contribution in [0.15, 0.2) is 60.2 Å². The van der Waals surface area contributed by atoms with Gasteiger partial charge in [0.15, 0.2) is 0 Å². The number of aliphatic carboxylic acids is 1. The lowest BCUT2D eigenvalue weighted by Gasteiger charge is -2.23. The van der Waals surface area contributed by atoms with E-state index in [9.17, 15) is 14.4 Å². The van der Waals surface area contributed by atoms with Crippen LogP contribution in [-0.4, -0.2) is 79.8 Å². The molecule has 8 heteroatoms. The topological polar surface area (TPSA) is 99.2 Å². The first kappa shape index (κ1) is 25.0. The molecule has 1 aliphatic carbocycles. The second kappa shape index (κ2) is 11.5. The summed E-state index contributed by atoms with van der Waals surface area (Å²) in [7, 11) is 3.70. The average molecular weight is 466 g/mol. The van der Waals surface area contributed by atoms with Crippen LogP contribution in [0.4, 0.5) is 4.79 Å². The maximum Gasteiger partial charge on any atom is 0.407 e. The number of amides is 2. The van der Waals surface area contributed by atoms with Gasteiger partial charge in [-0.15, -0.1) is 0 Å². The number of carboxylic acids is 1. The molecule has 0 unspecified atom stereocenters. The van der Waals surface area contributed by atoms with Gasteiger partial charge in [-0.25, -0.2) is 4.79 Å². The number of rotatable bonds is 10. The molecule has 8 nitrogen and oxygen atoms in total. The Morgan fingerprint density at radius 1 is 1.00 bits per heavy atom. The molecule has 2 N–H and O–H groups in total. The lowest BCUT2D eigenvalue weighted by Crippen LogP contribution is -2.40. The van der Waals surface area contributed by atoms with E-state index in [1.165, 1.54) is 4.90 Å². The van der Waals surface area contributed by atoms with Gasteiger partial charge >= 0.3 is 12.1 Å². The van der Waals surface area contributed by atoms with E-state index in [0.29, 0.717) is 18.7 Å². The van der Waals surface area contributed by atoms with Crippen LogP contribution in [-0.2, 0) is 14.3 Å². The van der Waals surface area contributed by atoms with Crippen molar-refractivity contribution in [2.24, 2.45) is 0 Å². The molecular weight excluding hydrogens is 434 g/mol. The summed E-state index contributed by atoms with van der Waals surface area (Å²) in [4.78, 5) is 39.2. The number of nitrogens with one attached hydrogen (secondary N) is 1. The van der Waals surface area contributed by atoms with Crippen molar-refractivity contribution in [3.8, 4) is 11.1 Å². The molecule has 0 spiro atoms. The molecular formula is C26H31N3O5. The summed E-state index contributed by atoms with van der Waals surface area (Å²) in [5.74, 6) is -1.48. The Kier molecular flexibility index (Phi) is 8.43. The van der Waals surface area contributed by atoms with E-state index in [0.717, 1.165) is 22.3 Å². The Hall–Kier alpha value is -3.65. The second-order valence-corrected chi connectivity index (χ2v) is 8.52. The maximum absolute atomic E-state index is 12.6. The van der Waals surface area contributed by atoms with Crippen LogP contribution >= 0.6 is 0 Å². The van der Waals surface area contributed by atoms with Crippen LogP contribution in [0.1, 0.15) is 24.0 Å². The SMILES string of the molecule is C/C(=C\CNC(=O)OCC1c2ccccc2-c2ccccc21)C(=O)N(CCN(C)C)CC(=O)O. The number of benzene rings is 2. The van der Waals surface area contributed by atoms with E-state index in [-0.39, 0.29) is 31.5 Å². The fraction of sp³-hybridized carbons (Fsp3) is 0.346. The van der Waals surface area contributed by atoms with E-state index in [1.807, 2.05) is 43.3 Å². The number of ether oxygens (including phenoxy) is 1. The number of fused-ring (bicyclic) bond motifs is 3. The lowest BCUT2D eigenvalue weighted by atomic mass is 9.98. The third-order valence-electron chi connectivity index (χ3n) is 5.77. The van der Waals surface area contributed by atoms with Crippen molar-refractivity contribution in [1.82, 2.24) is 15.1 Å². The molecule has 180 valence electrons. The molecule has 0 aromatic heterocycles. The molecule has 0 atom stereocenters. The van der Waals surface area contributed by atoms with Gasteiger partial charge < -0.3 is 25.0 Å². The molecule has 34 heavy (non-hydrogen) atoms. The molecule has 0 fully saturated rings. The van der Waals surface area contributed by atoms with Gasteiger partial charge in [0.25, 0.3) is 0 Å². The number of carbonyl (C=O) groups is 3. The molecule has 0 saturated carbocycles. The lowest BCUT2D eigenvalue weighted by molar-refractivity contribution is -0.143. The molecule has 2 aromatic carbocycles. The molecule has 2 amide bonds. The van der Waals surface area contributed by atoms with Crippen molar-refractivity contribution in [2.75, 3.05) is 46.9 Å². The number of alkyl carbamates (subject to hydrolysis) is 1. The van der Waals surface area contributed by atoms with Gasteiger partial charge in [0.1, 0.15) is 13.2 Å². The minimum absolute atomic E-state index is 0.0294. The molecule has 0 bridgehead atoms. The minimum atomic E-state index is -1.07. The Labute approximate surface area is 199 Å². The summed E-state index contributed by atoms with van der Waals surface area (Å²) >= 11 is 0. The van der Waals surface area contributed by atoms with Gasteiger partial charge in [0, 0.05) is 31.1 Å². The summed E-state index contributed by atoms with van der Waals surface area (Å²) in [6, 6.07) is 16.2. The zero-order valence-corrected chi connectivity index (χ0v) is 19.8. The maximum atomic E-state index is 12.6. The number of carboxylic acid groups (broad SMARTS) is 1. The Morgan fingerprint density at radius 3 is 2.15 bits per heavy atom. The van der Waals surface area contributed by atoms with Gasteiger partial charge in [-0.1, -0.05) is 54.6 Å². The molecule has 1 aliphatic rings. The van der Waals surface area contributed by atoms with E-state index >= 15 is 0 Å². The average Bonchev–Trinajstić information content (AvgIpc) is 3.13. The third-order valence-corrected chi connectivity index (χ3v) is 5.77. The molecule has 0 radical (unpaired) electrons. The van der Waals surface area contributed by atoms with Crippen LogP contribution in [0.5, 0.6) is 0 Å². The zero-order valence-electron chi connectivity index (χ0n) is 19.8. The first-order valence-corrected chi connectivity index (χ1v) is 11.2. The van der Waals surface area contributed by atoms with E-state index in [1.54, 1.807) is 13.0 Å². The van der Waals surface area contributed by atoms with Gasteiger partial charge in [-0.3, -0.25) is 9.59 Å². The fourth-order valence-electron chi connectivity index (χ4n) is 4.01. The summed E-state index contributed by atoms with van der Waals surface area (Å²) in [6.45, 7) is 2.37. The Balaban J connectivity index is 1.54. The van der Waals surface area contributed by atoms with E-state index in [4.69, 9.17) is 9.84 Å². The highest BCUT2D eigenvalue weighted by Crippen LogP contribution is 2.44. The predicted octanol–water partition coefficient (Wildman–Crippen LogP) is 2.95. The fourth-order valence-corrected chi connectivity index (χ4v) is 4.01. The second-order valence-electron chi connectivity index (χ2n) is 8.52. The largest absolute Gasteiger partial charge is 0.480 e. The van der Waals surface area contributed by atoms with Crippen LogP contribution in [0.3, 0.4) is 0 Å². The van der Waals surface area contributed by atoms with E-state index < -0.39 is 12.1 Å². The van der Waals surface area contributed by atoms with Gasteiger partial charge in [-0.05, 0) is 43.3 Å². The number of likely N-dealkylation sites (N-methyl/N-ethyl adjacent to an activating group) is 1.